The van der Waals surface area contributed by atoms with Gasteiger partial charge < -0.3 is 9.84 Å². The van der Waals surface area contributed by atoms with Crippen LogP contribution >= 0.6 is 11.3 Å². The van der Waals surface area contributed by atoms with Crippen LogP contribution in [0.5, 0.6) is 5.75 Å². The van der Waals surface area contributed by atoms with Crippen molar-refractivity contribution in [2.24, 2.45) is 4.99 Å². The molecule has 4 rings (SSSR count). The van der Waals surface area contributed by atoms with Gasteiger partial charge in [0.25, 0.3) is 0 Å². The number of benzene rings is 3. The van der Waals surface area contributed by atoms with Gasteiger partial charge in [0.1, 0.15) is 16.6 Å². The monoisotopic (exact) mass is 626 g/mol. The first-order valence-electron chi connectivity index (χ1n) is 13.9. The van der Waals surface area contributed by atoms with Crippen LogP contribution in [0.25, 0.3) is 10.6 Å². The zero-order valence-corrected chi connectivity index (χ0v) is 24.8. The fourth-order valence-corrected chi connectivity index (χ4v) is 5.35. The summed E-state index contributed by atoms with van der Waals surface area (Å²) in [7, 11) is 0. The molecule has 230 valence electrons. The summed E-state index contributed by atoms with van der Waals surface area (Å²) in [5.41, 5.74) is 2.05. The van der Waals surface area contributed by atoms with Crippen molar-refractivity contribution in [2.45, 2.75) is 51.7 Å². The lowest BCUT2D eigenvalue weighted by Crippen LogP contribution is -2.23. The Morgan fingerprint density at radius 1 is 1.00 bits per heavy atom. The highest BCUT2D eigenvalue weighted by atomic mass is 32.1. The summed E-state index contributed by atoms with van der Waals surface area (Å²) in [4.78, 5) is 34.7. The molecule has 3 aromatic carbocycles. The lowest BCUT2D eigenvalue weighted by Gasteiger charge is -2.12. The quantitative estimate of drug-likeness (QED) is 0.0923. The van der Waals surface area contributed by atoms with Crippen LogP contribution in [0.2, 0.25) is 0 Å². The molecular formula is C33H30F4N2O4S. The second kappa shape index (κ2) is 14.4. The summed E-state index contributed by atoms with van der Waals surface area (Å²) in [6.07, 6.45) is -3.73. The predicted octanol–water partition coefficient (Wildman–Crippen LogP) is 8.02. The van der Waals surface area contributed by atoms with Crippen molar-refractivity contribution in [1.82, 2.24) is 4.98 Å². The van der Waals surface area contributed by atoms with Gasteiger partial charge in [0.05, 0.1) is 17.9 Å². The number of aliphatic imine (C=N–C) groups is 1. The van der Waals surface area contributed by atoms with E-state index in [2.05, 4.69) is 9.98 Å². The maximum atomic E-state index is 13.2. The molecular weight excluding hydrogens is 596 g/mol. The fourth-order valence-electron chi connectivity index (χ4n) is 4.39. The summed E-state index contributed by atoms with van der Waals surface area (Å²) >= 11 is 1.53. The van der Waals surface area contributed by atoms with Crippen LogP contribution in [0.4, 0.5) is 17.6 Å². The number of ether oxygens (including phenoxy) is 1. The molecule has 6 nitrogen and oxygen atoms in total. The minimum absolute atomic E-state index is 0.0811. The van der Waals surface area contributed by atoms with E-state index in [9.17, 15) is 32.3 Å². The summed E-state index contributed by atoms with van der Waals surface area (Å²) in [5.74, 6) is -1.29. The number of carboxylic acid groups (broad SMARTS) is 1. The number of carbonyl (C=O) groups is 2. The summed E-state index contributed by atoms with van der Waals surface area (Å²) in [6, 6.07) is 15.9. The molecule has 11 heteroatoms. The number of Topliss-reactive ketones (excluding diaryl/α,β-unsaturated/α-hetero) is 1. The fraction of sp³-hybridized carbons (Fsp3) is 0.273. The van der Waals surface area contributed by atoms with Crippen LogP contribution in [0.3, 0.4) is 0 Å². The minimum Gasteiger partial charge on any atom is -0.493 e. The summed E-state index contributed by atoms with van der Waals surface area (Å²) in [5, 5.41) is 10.6. The molecule has 0 aliphatic heterocycles. The zero-order chi connectivity index (χ0) is 31.9. The topological polar surface area (TPSA) is 88.9 Å². The van der Waals surface area contributed by atoms with Gasteiger partial charge in [-0.1, -0.05) is 31.2 Å². The Kier molecular flexibility index (Phi) is 10.6. The van der Waals surface area contributed by atoms with Crippen molar-refractivity contribution in [3.8, 4) is 16.3 Å². The number of carboxylic acids is 1. The van der Waals surface area contributed by atoms with Crippen LogP contribution in [0.1, 0.15) is 51.8 Å². The molecule has 0 fully saturated rings. The number of aromatic nitrogens is 1. The van der Waals surface area contributed by atoms with Gasteiger partial charge in [0.15, 0.2) is 11.8 Å². The molecule has 0 unspecified atom stereocenters. The van der Waals surface area contributed by atoms with Crippen LogP contribution < -0.4 is 4.74 Å². The van der Waals surface area contributed by atoms with Crippen molar-refractivity contribution in [3.63, 3.8) is 0 Å². The van der Waals surface area contributed by atoms with E-state index in [-0.39, 0.29) is 24.2 Å². The van der Waals surface area contributed by atoms with Gasteiger partial charge in [-0.05, 0) is 67.4 Å². The third-order valence-corrected chi connectivity index (χ3v) is 7.94. The average molecular weight is 627 g/mol. The van der Waals surface area contributed by atoms with Crippen LogP contribution in [-0.4, -0.2) is 40.2 Å². The first-order valence-corrected chi connectivity index (χ1v) is 14.7. The Labute approximate surface area is 256 Å². The number of rotatable bonds is 13. The molecule has 0 aliphatic carbocycles. The lowest BCUT2D eigenvalue weighted by atomic mass is 10.0. The van der Waals surface area contributed by atoms with E-state index in [4.69, 9.17) is 4.74 Å². The SMILES string of the molecule is CCC(CC(=O)c1ccc(C(F)(F)F)cc1)=N[C@@H](Cc1ccc(OCCc2nc(-c3ccc(F)cc3)sc2C)cc1)C(=O)O. The van der Waals surface area contributed by atoms with Crippen molar-refractivity contribution in [1.29, 1.82) is 0 Å². The molecule has 44 heavy (non-hydrogen) atoms. The van der Waals surface area contributed by atoms with Gasteiger partial charge >= 0.3 is 12.1 Å². The number of nitrogens with zero attached hydrogens (tertiary/aromatic N) is 2. The third kappa shape index (κ3) is 8.82. The Bertz CT molecular complexity index is 1610. The van der Waals surface area contributed by atoms with E-state index in [1.54, 1.807) is 43.3 Å². The second-order valence-electron chi connectivity index (χ2n) is 10.1. The van der Waals surface area contributed by atoms with E-state index in [1.807, 2.05) is 6.92 Å². The molecule has 0 amide bonds. The van der Waals surface area contributed by atoms with Crippen molar-refractivity contribution < 1.29 is 37.0 Å². The minimum atomic E-state index is -4.50. The van der Waals surface area contributed by atoms with Crippen molar-refractivity contribution in [3.05, 3.63) is 106 Å². The Balaban J connectivity index is 1.33. The number of hydrogen-bond donors (Lipinski definition) is 1. The van der Waals surface area contributed by atoms with Crippen molar-refractivity contribution >= 4 is 28.8 Å². The zero-order valence-electron chi connectivity index (χ0n) is 24.0. The van der Waals surface area contributed by atoms with Gasteiger partial charge in [-0.15, -0.1) is 11.3 Å². The first kappa shape index (κ1) is 32.5. The molecule has 4 aromatic rings. The Hall–Kier alpha value is -4.38. The Morgan fingerprint density at radius 3 is 2.25 bits per heavy atom. The van der Waals surface area contributed by atoms with Gasteiger partial charge in [0.2, 0.25) is 0 Å². The second-order valence-corrected chi connectivity index (χ2v) is 11.3. The van der Waals surface area contributed by atoms with Crippen molar-refractivity contribution in [2.75, 3.05) is 6.61 Å². The van der Waals surface area contributed by atoms with E-state index in [1.165, 1.54) is 23.5 Å². The molecule has 0 bridgehead atoms. The van der Waals surface area contributed by atoms with Crippen LogP contribution in [-0.2, 0) is 23.8 Å². The highest BCUT2D eigenvalue weighted by Gasteiger charge is 2.30. The highest BCUT2D eigenvalue weighted by molar-refractivity contribution is 7.15. The van der Waals surface area contributed by atoms with Gasteiger partial charge in [-0.3, -0.25) is 9.79 Å². The molecule has 0 radical (unpaired) electrons. The summed E-state index contributed by atoms with van der Waals surface area (Å²) < 4.78 is 57.6. The standard InChI is InChI=1S/C33H30F4N2O4S/c1-3-26(19-30(40)22-6-10-24(11-7-22)33(35,36)37)38-29(32(41)42)18-21-4-14-27(15-5-21)43-17-16-28-20(2)44-31(39-28)23-8-12-25(34)13-9-23/h4-15,29H,3,16-19H2,1-2H3,(H,41,42)/t29-/m0/s1. The number of halogens is 4. The van der Waals surface area contributed by atoms with E-state index >= 15 is 0 Å². The number of ketones is 1. The number of hydrogen-bond acceptors (Lipinski definition) is 6. The molecule has 0 spiro atoms. The molecule has 1 aromatic heterocycles. The van der Waals surface area contributed by atoms with Gasteiger partial charge in [-0.2, -0.15) is 13.2 Å². The highest BCUT2D eigenvalue weighted by Crippen LogP contribution is 2.30. The third-order valence-electron chi connectivity index (χ3n) is 6.87. The largest absolute Gasteiger partial charge is 0.493 e. The number of thiazole rings is 1. The number of carbonyl (C=O) groups excluding carboxylic acids is 1. The average Bonchev–Trinajstić information content (AvgIpc) is 3.37. The van der Waals surface area contributed by atoms with Crippen LogP contribution in [0, 0.1) is 12.7 Å². The molecule has 1 atom stereocenters. The number of aliphatic carboxylic acids is 1. The number of alkyl halides is 3. The van der Waals surface area contributed by atoms with E-state index in [0.29, 0.717) is 36.5 Å². The number of aryl methyl sites for hydroxylation is 1. The smallest absolute Gasteiger partial charge is 0.416 e. The normalized spacial score (nSPS) is 12.6. The predicted molar refractivity (Wildman–Crippen MR) is 161 cm³/mol. The van der Waals surface area contributed by atoms with Gasteiger partial charge in [-0.25, -0.2) is 14.2 Å². The molecule has 0 saturated carbocycles. The van der Waals surface area contributed by atoms with E-state index < -0.39 is 29.5 Å². The van der Waals surface area contributed by atoms with E-state index in [0.717, 1.165) is 45.4 Å². The maximum absolute atomic E-state index is 13.2. The molecule has 1 heterocycles. The molecule has 0 aliphatic rings. The maximum Gasteiger partial charge on any atom is 0.416 e. The van der Waals surface area contributed by atoms with Crippen LogP contribution in [0.15, 0.2) is 77.8 Å². The lowest BCUT2D eigenvalue weighted by molar-refractivity contribution is -0.139. The first-order chi connectivity index (χ1) is 20.9. The Morgan fingerprint density at radius 2 is 1.66 bits per heavy atom. The van der Waals surface area contributed by atoms with Gasteiger partial charge in [0, 0.05) is 41.0 Å². The summed E-state index contributed by atoms with van der Waals surface area (Å²) in [6.45, 7) is 4.09. The molecule has 1 N–H and O–H groups in total. The molecule has 0 saturated heterocycles.